The third kappa shape index (κ3) is 16.1. The number of rotatable bonds is 24. The second kappa shape index (κ2) is 27.0. The quantitative estimate of drug-likeness (QED) is 0.0551. The van der Waals surface area contributed by atoms with E-state index in [-0.39, 0.29) is 74.9 Å². The zero-order valence-electron chi connectivity index (χ0n) is 44.2. The van der Waals surface area contributed by atoms with Gasteiger partial charge < -0.3 is 40.7 Å². The van der Waals surface area contributed by atoms with Crippen molar-refractivity contribution in [3.8, 4) is 0 Å². The monoisotopic (exact) mass is 1020 g/mol. The van der Waals surface area contributed by atoms with E-state index in [1.807, 2.05) is 85.5 Å². The number of hydrogen-bond acceptors (Lipinski definition) is 15. The summed E-state index contributed by atoms with van der Waals surface area (Å²) in [5.74, 6) is -2.89. The summed E-state index contributed by atoms with van der Waals surface area (Å²) < 4.78 is 19.0. The van der Waals surface area contributed by atoms with Crippen LogP contribution < -0.4 is 20.9 Å². The zero-order chi connectivity index (χ0) is 53.6. The first kappa shape index (κ1) is 58.1. The van der Waals surface area contributed by atoms with Crippen LogP contribution in [0.5, 0.6) is 0 Å². The molecule has 6 atom stereocenters. The number of alkyl halides is 1. The van der Waals surface area contributed by atoms with Crippen molar-refractivity contribution >= 4 is 58.3 Å². The van der Waals surface area contributed by atoms with Crippen LogP contribution in [0.4, 0.5) is 21.8 Å². The number of halogens is 1. The Labute approximate surface area is 428 Å². The van der Waals surface area contributed by atoms with E-state index in [0.717, 1.165) is 30.3 Å². The van der Waals surface area contributed by atoms with Crippen molar-refractivity contribution in [3.63, 3.8) is 0 Å². The first-order valence-electron chi connectivity index (χ1n) is 26.0. The molecule has 2 aliphatic rings. The summed E-state index contributed by atoms with van der Waals surface area (Å²) in [5, 5.41) is 44.1. The van der Waals surface area contributed by atoms with Gasteiger partial charge in [-0.25, -0.2) is 9.37 Å². The zero-order valence-corrected chi connectivity index (χ0v) is 44.2. The van der Waals surface area contributed by atoms with E-state index >= 15 is 4.39 Å². The van der Waals surface area contributed by atoms with Crippen molar-refractivity contribution < 1.29 is 43.7 Å². The predicted octanol–water partition coefficient (Wildman–Crippen LogP) is 3.79. The number of aryl methyl sites for hydroxylation is 2. The van der Waals surface area contributed by atoms with E-state index in [1.165, 1.54) is 0 Å². The molecule has 0 aromatic carbocycles. The molecule has 0 saturated carbocycles. The highest BCUT2D eigenvalue weighted by Gasteiger charge is 2.37. The SMILES string of the molecule is C=CC(=O)N[C@@H]1CN(c2nc(Nc3cn(CCCCCNC(=O)CN4C[C@H](CC)N(CC(=O)O)C[C@H](CC)N(CC(=O)O)C[C@H](CC)N(CC(=O)O)C[C@@H]4CC)nc3CC)c3ncn(C(C)(C)C)c3n2)C[C@H]1F. The van der Waals surface area contributed by atoms with E-state index in [4.69, 9.17) is 20.1 Å². The van der Waals surface area contributed by atoms with Gasteiger partial charge in [0.05, 0.1) is 56.5 Å². The third-order valence-corrected chi connectivity index (χ3v) is 14.1. The van der Waals surface area contributed by atoms with E-state index in [1.54, 1.807) is 11.2 Å². The lowest BCUT2D eigenvalue weighted by molar-refractivity contribution is -0.143. The lowest BCUT2D eigenvalue weighted by Gasteiger charge is -2.45. The van der Waals surface area contributed by atoms with Crippen molar-refractivity contribution in [2.75, 3.05) is 82.2 Å². The van der Waals surface area contributed by atoms with Gasteiger partial charge in [0.1, 0.15) is 6.17 Å². The molecule has 0 radical (unpaired) electrons. The number of nitrogens with zero attached hydrogens (tertiary/aromatic N) is 11. The highest BCUT2D eigenvalue weighted by molar-refractivity contribution is 5.88. The summed E-state index contributed by atoms with van der Waals surface area (Å²) in [7, 11) is 0. The maximum absolute atomic E-state index is 15.2. The second-order valence-electron chi connectivity index (χ2n) is 20.4. The molecule has 0 aliphatic carbocycles. The fourth-order valence-electron chi connectivity index (χ4n) is 10.0. The van der Waals surface area contributed by atoms with Gasteiger partial charge in [0, 0.05) is 81.7 Å². The van der Waals surface area contributed by atoms with Crippen molar-refractivity contribution in [1.29, 1.82) is 0 Å². The number of carbonyl (C=O) groups is 5. The van der Waals surface area contributed by atoms with Gasteiger partial charge in [-0.3, -0.25) is 48.3 Å². The topological polar surface area (TPSA) is 260 Å². The number of carboxylic acids is 3. The van der Waals surface area contributed by atoms with Gasteiger partial charge in [0.2, 0.25) is 17.8 Å². The van der Waals surface area contributed by atoms with Crippen LogP contribution in [-0.2, 0) is 42.5 Å². The van der Waals surface area contributed by atoms with Crippen LogP contribution in [-0.4, -0.2) is 202 Å². The lowest BCUT2D eigenvalue weighted by atomic mass is 10.0. The fourth-order valence-corrected chi connectivity index (χ4v) is 10.0. The molecule has 0 unspecified atom stereocenters. The predicted molar refractivity (Wildman–Crippen MR) is 277 cm³/mol. The average Bonchev–Trinajstić information content (AvgIpc) is 4.06. The van der Waals surface area contributed by atoms with Gasteiger partial charge in [-0.15, -0.1) is 0 Å². The summed E-state index contributed by atoms with van der Waals surface area (Å²) >= 11 is 0. The molecular formula is C50H81FN14O8. The second-order valence-corrected chi connectivity index (χ2v) is 20.4. The molecule has 73 heavy (non-hydrogen) atoms. The summed E-state index contributed by atoms with van der Waals surface area (Å²) in [6.45, 7) is 21.3. The highest BCUT2D eigenvalue weighted by Crippen LogP contribution is 2.31. The number of nitrogens with one attached hydrogen (secondary N) is 3. The maximum Gasteiger partial charge on any atom is 0.317 e. The number of hydrogen-bond donors (Lipinski definition) is 6. The van der Waals surface area contributed by atoms with Gasteiger partial charge >= 0.3 is 17.9 Å². The molecule has 2 amide bonds. The lowest BCUT2D eigenvalue weighted by Crippen LogP contribution is -2.60. The first-order valence-corrected chi connectivity index (χ1v) is 26.0. The molecule has 5 heterocycles. The number of anilines is 3. The van der Waals surface area contributed by atoms with Crippen LogP contribution in [0.25, 0.3) is 11.2 Å². The van der Waals surface area contributed by atoms with Crippen LogP contribution in [0, 0.1) is 0 Å². The molecule has 6 N–H and O–H groups in total. The number of amides is 2. The summed E-state index contributed by atoms with van der Waals surface area (Å²) in [6, 6.07) is -1.88. The minimum atomic E-state index is -1.33. The molecule has 406 valence electrons. The number of carbonyl (C=O) groups excluding carboxylic acids is 2. The first-order chi connectivity index (χ1) is 34.7. The molecule has 3 aromatic heterocycles. The van der Waals surface area contributed by atoms with Crippen LogP contribution >= 0.6 is 0 Å². The molecule has 22 nitrogen and oxygen atoms in total. The van der Waals surface area contributed by atoms with Gasteiger partial charge in [0.25, 0.3) is 0 Å². The normalized spacial score (nSPS) is 22.2. The van der Waals surface area contributed by atoms with Crippen molar-refractivity contribution in [3.05, 3.63) is 30.9 Å². The van der Waals surface area contributed by atoms with E-state index in [0.29, 0.717) is 101 Å². The number of aromatic nitrogens is 6. The molecule has 2 fully saturated rings. The van der Waals surface area contributed by atoms with E-state index in [9.17, 15) is 39.3 Å². The Morgan fingerprint density at radius 3 is 1.77 bits per heavy atom. The number of imidazole rings is 1. The Hall–Kier alpha value is -5.78. The van der Waals surface area contributed by atoms with Gasteiger partial charge in [0.15, 0.2) is 17.0 Å². The smallest absolute Gasteiger partial charge is 0.317 e. The molecule has 2 saturated heterocycles. The molecule has 0 spiro atoms. The number of aliphatic carboxylic acids is 3. The summed E-state index contributed by atoms with van der Waals surface area (Å²) in [5.41, 5.74) is 2.32. The van der Waals surface area contributed by atoms with Crippen LogP contribution in [0.3, 0.4) is 0 Å². The van der Waals surface area contributed by atoms with Crippen LogP contribution in [0.1, 0.15) is 106 Å². The standard InChI is InChI=1S/C50H81FN14O8/c1-10-33-22-60(29-43(68)69)35(12-3)24-62(31-45(72)73)36(13-4)23-61(30-44(70)71)34(11-2)21-59(33)28-42(67)52-19-17-16-18-20-64-27-40(38(14-5)58-64)55-47-46-48(65(32-53-46)50(7,8)9)57-49(56-47)63-25-37(51)39(26-63)54-41(66)15-6/h15,27,32-37,39H,6,10-14,16-26,28-31H2,1-5,7-9H3,(H,52,67)(H,54,66)(H,68,69)(H,70,71)(H,72,73)(H,55,56,57)/t33-,34-,35-,36-,37+,39+/m0/s1. The molecular weight excluding hydrogens is 944 g/mol. The Bertz CT molecular complexity index is 2320. The molecule has 23 heteroatoms. The Morgan fingerprint density at radius 1 is 0.753 bits per heavy atom. The largest absolute Gasteiger partial charge is 0.480 e. The maximum atomic E-state index is 15.2. The van der Waals surface area contributed by atoms with Crippen LogP contribution in [0.2, 0.25) is 0 Å². The van der Waals surface area contributed by atoms with Gasteiger partial charge in [-0.05, 0) is 78.2 Å². The molecule has 0 bridgehead atoms. The molecule has 2 aliphatic heterocycles. The molecule has 5 rings (SSSR count). The summed E-state index contributed by atoms with van der Waals surface area (Å²) in [4.78, 5) is 86.4. The van der Waals surface area contributed by atoms with E-state index < -0.39 is 36.0 Å². The number of carboxylic acid groups (broad SMARTS) is 3. The molecule has 3 aromatic rings. The van der Waals surface area contributed by atoms with Gasteiger partial charge in [-0.2, -0.15) is 15.1 Å². The number of fused-ring (bicyclic) bond motifs is 1. The van der Waals surface area contributed by atoms with Crippen molar-refractivity contribution in [2.24, 2.45) is 0 Å². The highest BCUT2D eigenvalue weighted by atomic mass is 19.1. The van der Waals surface area contributed by atoms with Crippen LogP contribution in [0.15, 0.2) is 25.2 Å². The Kier molecular flexibility index (Phi) is 21.5. The minimum absolute atomic E-state index is 0.00221. The van der Waals surface area contributed by atoms with E-state index in [2.05, 4.69) is 27.4 Å². The summed E-state index contributed by atoms with van der Waals surface area (Å²) in [6.07, 6.45) is 8.66. The minimum Gasteiger partial charge on any atom is -0.480 e. The Morgan fingerprint density at radius 2 is 1.29 bits per heavy atom. The van der Waals surface area contributed by atoms with Gasteiger partial charge in [-0.1, -0.05) is 41.2 Å². The Balaban J connectivity index is 1.25. The fraction of sp³-hybridized carbons (Fsp3) is 0.700. The third-order valence-electron chi connectivity index (χ3n) is 14.1. The number of unbranched alkanes of at least 4 members (excludes halogenated alkanes) is 2. The van der Waals surface area contributed by atoms with Crippen molar-refractivity contribution in [1.82, 2.24) is 59.5 Å². The van der Waals surface area contributed by atoms with Crippen molar-refractivity contribution in [2.45, 2.75) is 155 Å². The average molecular weight is 1030 g/mol.